The van der Waals surface area contributed by atoms with E-state index in [-0.39, 0.29) is 10.7 Å². The summed E-state index contributed by atoms with van der Waals surface area (Å²) in [7, 11) is -4.52. The van der Waals surface area contributed by atoms with Gasteiger partial charge >= 0.3 is 0 Å². The topological polar surface area (TPSA) is 122 Å². The van der Waals surface area contributed by atoms with E-state index in [1.54, 1.807) is 43.3 Å². The molecule has 8 nitrogen and oxygen atoms in total. The molecule has 0 spiro atoms. The quantitative estimate of drug-likeness (QED) is 0.218. The minimum atomic E-state index is -4.52. The number of hydrogen-bond donors (Lipinski definition) is 2. The highest BCUT2D eigenvalue weighted by molar-refractivity contribution is 7.91. The van der Waals surface area contributed by atoms with E-state index < -0.39 is 44.8 Å². The van der Waals surface area contributed by atoms with Crippen LogP contribution in [0.3, 0.4) is 0 Å². The zero-order chi connectivity index (χ0) is 28.2. The van der Waals surface area contributed by atoms with E-state index in [1.165, 1.54) is 35.0 Å². The smallest absolute Gasteiger partial charge is 0.277 e. The highest BCUT2D eigenvalue weighted by Gasteiger charge is 2.31. The molecule has 2 aromatic carbocycles. The first-order valence-electron chi connectivity index (χ1n) is 12.7. The molecule has 2 N–H and O–H groups in total. The van der Waals surface area contributed by atoms with Crippen LogP contribution in [0.15, 0.2) is 81.4 Å². The Morgan fingerprint density at radius 1 is 1.03 bits per heavy atom. The number of pyridine rings is 1. The van der Waals surface area contributed by atoms with E-state index in [9.17, 15) is 27.8 Å². The number of nitrogens with zero attached hydrogens (tertiary/aromatic N) is 3. The number of rotatable bonds is 10. The van der Waals surface area contributed by atoms with Crippen LogP contribution < -0.4 is 5.56 Å². The Kier molecular flexibility index (Phi) is 8.57. The van der Waals surface area contributed by atoms with Crippen LogP contribution in [0.1, 0.15) is 49.2 Å². The molecule has 2 aromatic heterocycles. The Balaban J connectivity index is 1.85. The number of aliphatic hydroxyl groups is 1. The van der Waals surface area contributed by atoms with Crippen molar-refractivity contribution in [1.82, 2.24) is 14.5 Å². The van der Waals surface area contributed by atoms with Crippen molar-refractivity contribution in [3.8, 4) is 17.0 Å². The van der Waals surface area contributed by atoms with Crippen molar-refractivity contribution in [3.63, 3.8) is 0 Å². The number of halogens is 1. The lowest BCUT2D eigenvalue weighted by Gasteiger charge is -2.23. The van der Waals surface area contributed by atoms with Crippen LogP contribution in [-0.2, 0) is 16.3 Å². The van der Waals surface area contributed by atoms with E-state index in [2.05, 4.69) is 9.97 Å². The Labute approximate surface area is 226 Å². The van der Waals surface area contributed by atoms with Gasteiger partial charge in [0.15, 0.2) is 4.90 Å². The molecule has 0 saturated carbocycles. The number of unbranched alkanes of at least 4 members (excludes halogenated alkanes) is 2. The molecule has 10 heteroatoms. The fourth-order valence-corrected chi connectivity index (χ4v) is 5.93. The van der Waals surface area contributed by atoms with Crippen LogP contribution in [0.25, 0.3) is 11.1 Å². The summed E-state index contributed by atoms with van der Waals surface area (Å²) >= 11 is 0. The highest BCUT2D eigenvalue weighted by atomic mass is 32.2. The molecule has 0 radical (unpaired) electrons. The van der Waals surface area contributed by atoms with Crippen LogP contribution in [-0.4, -0.2) is 39.8 Å². The lowest BCUT2D eigenvalue weighted by Crippen LogP contribution is -2.35. The number of aromatic nitrogens is 3. The SMILES string of the molecule is CCCCCc1nc(O)c(S(=O)(=O)c2ccc(-c3ccnc(F)c3C)cc2)c(=O)n1[C@@H](CO)c1ccccc1. The average Bonchev–Trinajstić information content (AvgIpc) is 2.93. The molecule has 4 aromatic rings. The van der Waals surface area contributed by atoms with Crippen molar-refractivity contribution in [2.24, 2.45) is 0 Å². The maximum Gasteiger partial charge on any atom is 0.277 e. The summed E-state index contributed by atoms with van der Waals surface area (Å²) in [5.41, 5.74) is 1.05. The summed E-state index contributed by atoms with van der Waals surface area (Å²) in [5, 5.41) is 21.0. The Bertz CT molecular complexity index is 1620. The second-order valence-corrected chi connectivity index (χ2v) is 11.1. The van der Waals surface area contributed by atoms with E-state index in [0.717, 1.165) is 12.8 Å². The van der Waals surface area contributed by atoms with Gasteiger partial charge in [0.1, 0.15) is 5.82 Å². The number of aliphatic hydroxyl groups excluding tert-OH is 1. The summed E-state index contributed by atoms with van der Waals surface area (Å²) in [5.74, 6) is -1.32. The number of aryl methyl sites for hydroxylation is 1. The first kappa shape index (κ1) is 28.1. The van der Waals surface area contributed by atoms with Crippen LogP contribution in [0.5, 0.6) is 5.88 Å². The zero-order valence-corrected chi connectivity index (χ0v) is 22.5. The maximum absolute atomic E-state index is 13.9. The van der Waals surface area contributed by atoms with Crippen molar-refractivity contribution in [3.05, 3.63) is 100 Å². The van der Waals surface area contributed by atoms with Crippen molar-refractivity contribution in [2.75, 3.05) is 6.61 Å². The molecule has 0 aliphatic heterocycles. The number of aromatic hydroxyl groups is 1. The summed E-state index contributed by atoms with van der Waals surface area (Å²) < 4.78 is 42.4. The van der Waals surface area contributed by atoms with Gasteiger partial charge in [-0.25, -0.2) is 13.4 Å². The molecule has 4 rings (SSSR count). The predicted octanol–water partition coefficient (Wildman–Crippen LogP) is 4.61. The van der Waals surface area contributed by atoms with Crippen LogP contribution in [0.2, 0.25) is 0 Å². The van der Waals surface area contributed by atoms with Gasteiger partial charge in [-0.05, 0) is 48.2 Å². The molecule has 0 aliphatic rings. The number of hydrogen-bond acceptors (Lipinski definition) is 7. The molecule has 0 aliphatic carbocycles. The zero-order valence-electron chi connectivity index (χ0n) is 21.7. The minimum Gasteiger partial charge on any atom is -0.492 e. The lowest BCUT2D eigenvalue weighted by molar-refractivity contribution is 0.240. The summed E-state index contributed by atoms with van der Waals surface area (Å²) in [6, 6.07) is 15.1. The molecule has 39 heavy (non-hydrogen) atoms. The maximum atomic E-state index is 13.9. The second-order valence-electron chi connectivity index (χ2n) is 9.22. The Hall–Kier alpha value is -3.89. The van der Waals surface area contributed by atoms with Gasteiger partial charge in [0.2, 0.25) is 21.7 Å². The highest BCUT2D eigenvalue weighted by Crippen LogP contribution is 2.30. The van der Waals surface area contributed by atoms with Gasteiger partial charge in [-0.1, -0.05) is 62.2 Å². The molecule has 204 valence electrons. The van der Waals surface area contributed by atoms with Crippen LogP contribution in [0.4, 0.5) is 4.39 Å². The molecule has 0 saturated heterocycles. The summed E-state index contributed by atoms with van der Waals surface area (Å²) in [4.78, 5) is 20.5. The van der Waals surface area contributed by atoms with Crippen molar-refractivity contribution < 1.29 is 23.0 Å². The second kappa shape index (κ2) is 11.9. The number of sulfone groups is 1. The fourth-order valence-electron chi connectivity index (χ4n) is 4.58. The summed E-state index contributed by atoms with van der Waals surface area (Å²) in [6.07, 6.45) is 4.06. The molecule has 0 fully saturated rings. The van der Waals surface area contributed by atoms with Crippen LogP contribution >= 0.6 is 0 Å². The van der Waals surface area contributed by atoms with Crippen molar-refractivity contribution in [2.45, 2.75) is 55.4 Å². The predicted molar refractivity (Wildman–Crippen MR) is 145 cm³/mol. The van der Waals surface area contributed by atoms with Gasteiger partial charge in [-0.15, -0.1) is 0 Å². The third kappa shape index (κ3) is 5.62. The van der Waals surface area contributed by atoms with Crippen molar-refractivity contribution in [1.29, 1.82) is 0 Å². The number of benzene rings is 2. The van der Waals surface area contributed by atoms with Crippen LogP contribution in [0, 0.1) is 12.9 Å². The fraction of sp³-hybridized carbons (Fsp3) is 0.276. The molecule has 0 unspecified atom stereocenters. The van der Waals surface area contributed by atoms with Gasteiger partial charge in [-0.3, -0.25) is 9.36 Å². The first-order chi connectivity index (χ1) is 18.7. The van der Waals surface area contributed by atoms with Gasteiger partial charge in [-0.2, -0.15) is 9.37 Å². The Morgan fingerprint density at radius 3 is 2.36 bits per heavy atom. The molecule has 1 atom stereocenters. The van der Waals surface area contributed by atoms with E-state index in [0.29, 0.717) is 35.1 Å². The van der Waals surface area contributed by atoms with E-state index >= 15 is 0 Å². The van der Waals surface area contributed by atoms with E-state index in [1.807, 2.05) is 6.92 Å². The minimum absolute atomic E-state index is 0.193. The molecule has 2 heterocycles. The first-order valence-corrected chi connectivity index (χ1v) is 14.2. The third-order valence-electron chi connectivity index (χ3n) is 6.69. The third-order valence-corrected chi connectivity index (χ3v) is 8.48. The molecular weight excluding hydrogens is 521 g/mol. The van der Waals surface area contributed by atoms with Crippen molar-refractivity contribution >= 4 is 9.84 Å². The van der Waals surface area contributed by atoms with Gasteiger partial charge in [0.05, 0.1) is 17.5 Å². The Morgan fingerprint density at radius 2 is 1.72 bits per heavy atom. The molecular formula is C29H30FN3O5S. The molecule has 0 bridgehead atoms. The van der Waals surface area contributed by atoms with Gasteiger partial charge < -0.3 is 10.2 Å². The molecule has 0 amide bonds. The lowest BCUT2D eigenvalue weighted by atomic mass is 10.0. The monoisotopic (exact) mass is 551 g/mol. The largest absolute Gasteiger partial charge is 0.492 e. The normalized spacial score (nSPS) is 12.4. The van der Waals surface area contributed by atoms with Gasteiger partial charge in [0.25, 0.3) is 5.56 Å². The van der Waals surface area contributed by atoms with Gasteiger partial charge in [0, 0.05) is 18.2 Å². The van der Waals surface area contributed by atoms with E-state index in [4.69, 9.17) is 0 Å². The average molecular weight is 552 g/mol. The standard InChI is InChI=1S/C29H30FN3O5S/c1-3-4-6-11-25-32-28(35)26(29(36)33(25)24(18-34)21-9-7-5-8-10-21)39(37,38)22-14-12-20(13-15-22)23-16-17-31-27(30)19(23)2/h5,7-10,12-17,24,34-35H,3-4,6,11,18H2,1-2H3/t24-/m0/s1. The summed E-state index contributed by atoms with van der Waals surface area (Å²) in [6.45, 7) is 3.11.